The Morgan fingerprint density at radius 3 is 1.19 bits per heavy atom. The normalized spacial score (nSPS) is 9.85. The number of carbonyl (C=O) groups excluding carboxylic acids is 3. The van der Waals surface area contributed by atoms with E-state index in [4.69, 9.17) is 21.7 Å². The molecule has 3 rings (SSSR count). The van der Waals surface area contributed by atoms with E-state index >= 15 is 0 Å². The molecule has 9 heteroatoms. The molecule has 0 atom stereocenters. The molecule has 0 aliphatic heterocycles. The van der Waals surface area contributed by atoms with E-state index in [1.807, 2.05) is 0 Å². The second-order valence-corrected chi connectivity index (χ2v) is 10.6. The summed E-state index contributed by atoms with van der Waals surface area (Å²) >= 11 is 0. The monoisotopic (exact) mass is 644 g/mol. The van der Waals surface area contributed by atoms with E-state index in [0.717, 1.165) is 36.0 Å². The Hall–Kier alpha value is -5.49. The van der Waals surface area contributed by atoms with E-state index in [9.17, 15) is 29.7 Å². The first-order valence-corrected chi connectivity index (χ1v) is 15.2. The van der Waals surface area contributed by atoms with Crippen molar-refractivity contribution < 1.29 is 45.0 Å². The number of terminal acetylenes is 1. The van der Waals surface area contributed by atoms with Crippen LogP contribution in [-0.2, 0) is 33.6 Å². The van der Waals surface area contributed by atoms with Gasteiger partial charge in [0.2, 0.25) is 0 Å². The summed E-state index contributed by atoms with van der Waals surface area (Å²) in [6, 6.07) is 14.1. The minimum atomic E-state index is -0.126. The maximum absolute atomic E-state index is 11.3. The second-order valence-electron chi connectivity index (χ2n) is 10.6. The zero-order chi connectivity index (χ0) is 35.2. The lowest BCUT2D eigenvalue weighted by Crippen LogP contribution is -1.98. The Kier molecular flexibility index (Phi) is 18.6. The van der Waals surface area contributed by atoms with E-state index in [2.05, 4.69) is 19.1 Å². The van der Waals surface area contributed by atoms with Gasteiger partial charge in [0.15, 0.2) is 46.1 Å². The number of phenolic OH excluding ortho intramolecular Hbond substituents is 6. The van der Waals surface area contributed by atoms with E-state index in [0.29, 0.717) is 51.4 Å². The molecule has 6 N–H and O–H groups in total. The minimum absolute atomic E-state index is 0.0259. The lowest BCUT2D eigenvalue weighted by Gasteiger charge is -2.03. The fourth-order valence-electron chi connectivity index (χ4n) is 4.14. The summed E-state index contributed by atoms with van der Waals surface area (Å²) in [6.45, 7) is 6.78. The number of aryl methyl sites for hydroxylation is 3. The highest BCUT2D eigenvalue weighted by molar-refractivity contribution is 5.89. The van der Waals surface area contributed by atoms with Crippen LogP contribution in [0, 0.1) is 12.3 Å². The van der Waals surface area contributed by atoms with Gasteiger partial charge in [-0.05, 0) is 104 Å². The molecular formula is C38H44O9. The van der Waals surface area contributed by atoms with Crippen molar-refractivity contribution in [3.63, 3.8) is 0 Å². The highest BCUT2D eigenvalue weighted by Gasteiger charge is 2.05. The highest BCUT2D eigenvalue weighted by atomic mass is 16.3. The molecule has 0 aromatic heterocycles. The molecule has 0 spiro atoms. The molecule has 0 radical (unpaired) electrons. The van der Waals surface area contributed by atoms with Crippen molar-refractivity contribution in [2.45, 2.75) is 70.6 Å². The van der Waals surface area contributed by atoms with Crippen LogP contribution in [-0.4, -0.2) is 48.0 Å². The first kappa shape index (κ1) is 39.5. The summed E-state index contributed by atoms with van der Waals surface area (Å²) < 4.78 is 0. The third-order valence-corrected chi connectivity index (χ3v) is 6.82. The van der Waals surface area contributed by atoms with Gasteiger partial charge in [-0.3, -0.25) is 14.4 Å². The van der Waals surface area contributed by atoms with Gasteiger partial charge in [-0.15, -0.1) is 12.3 Å². The fraction of sp³-hybridized carbons (Fsp3) is 0.289. The Labute approximate surface area is 276 Å². The van der Waals surface area contributed by atoms with Gasteiger partial charge in [0.1, 0.15) is 5.78 Å². The van der Waals surface area contributed by atoms with Crippen LogP contribution in [0.4, 0.5) is 0 Å². The number of phenols is 6. The molecule has 0 aliphatic carbocycles. The van der Waals surface area contributed by atoms with Crippen molar-refractivity contribution in [1.82, 2.24) is 0 Å². The Morgan fingerprint density at radius 1 is 0.553 bits per heavy atom. The summed E-state index contributed by atoms with van der Waals surface area (Å²) in [5.41, 5.74) is 2.72. The maximum atomic E-state index is 11.3. The molecule has 250 valence electrons. The number of aromatic hydroxyl groups is 6. The van der Waals surface area contributed by atoms with Crippen LogP contribution in [0.1, 0.15) is 68.1 Å². The third kappa shape index (κ3) is 17.0. The number of rotatable bonds is 16. The quantitative estimate of drug-likeness (QED) is 0.0560. The summed E-state index contributed by atoms with van der Waals surface area (Å²) in [6.07, 6.45) is 14.3. The molecule has 0 unspecified atom stereocenters. The first-order valence-electron chi connectivity index (χ1n) is 15.2. The largest absolute Gasteiger partial charge is 0.504 e. The molecule has 0 bridgehead atoms. The van der Waals surface area contributed by atoms with Crippen molar-refractivity contribution in [1.29, 1.82) is 0 Å². The predicted molar refractivity (Wildman–Crippen MR) is 182 cm³/mol. The zero-order valence-corrected chi connectivity index (χ0v) is 26.5. The average molecular weight is 645 g/mol. The molecule has 0 fully saturated rings. The molecule has 0 saturated carbocycles. The number of benzene rings is 3. The van der Waals surface area contributed by atoms with E-state index in [1.165, 1.54) is 48.6 Å². The standard InChI is InChI=1S/C14H16O3.2C12H14O3/c1-2-3-6-12(15)7-4-5-11-8-9-13(16)14(17)10-11;2*1-2-10(13)5-3-4-9-6-7-11(14)12(15)8-9/h1,8-10,16-17H,3-7H2;2*2,6-8,14-15H,1,3-5H2. The van der Waals surface area contributed by atoms with Crippen molar-refractivity contribution in [3.8, 4) is 46.8 Å². The molecular weight excluding hydrogens is 600 g/mol. The maximum Gasteiger partial charge on any atom is 0.157 e. The Morgan fingerprint density at radius 2 is 0.894 bits per heavy atom. The van der Waals surface area contributed by atoms with Gasteiger partial charge < -0.3 is 30.6 Å². The molecule has 0 amide bonds. The summed E-state index contributed by atoms with van der Waals surface area (Å²) in [7, 11) is 0. The second kappa shape index (κ2) is 22.1. The molecule has 0 heterocycles. The van der Waals surface area contributed by atoms with Gasteiger partial charge in [0.05, 0.1) is 0 Å². The summed E-state index contributed by atoms with van der Waals surface area (Å²) in [4.78, 5) is 33.2. The van der Waals surface area contributed by atoms with Gasteiger partial charge >= 0.3 is 0 Å². The van der Waals surface area contributed by atoms with E-state index in [-0.39, 0.29) is 51.8 Å². The van der Waals surface area contributed by atoms with Crippen LogP contribution in [0.25, 0.3) is 0 Å². The van der Waals surface area contributed by atoms with Crippen LogP contribution in [0.2, 0.25) is 0 Å². The van der Waals surface area contributed by atoms with Gasteiger partial charge in [0, 0.05) is 32.1 Å². The van der Waals surface area contributed by atoms with Crippen molar-refractivity contribution >= 4 is 17.3 Å². The third-order valence-electron chi connectivity index (χ3n) is 6.82. The van der Waals surface area contributed by atoms with Crippen LogP contribution in [0.15, 0.2) is 79.9 Å². The van der Waals surface area contributed by atoms with E-state index in [1.54, 1.807) is 18.2 Å². The Balaban J connectivity index is 0.000000353. The molecule has 47 heavy (non-hydrogen) atoms. The number of allylic oxidation sites excluding steroid dienone is 2. The number of Topliss-reactive ketones (excluding diaryl/α,β-unsaturated/α-hetero) is 1. The predicted octanol–water partition coefficient (Wildman–Crippen LogP) is 6.75. The molecule has 0 aliphatic rings. The van der Waals surface area contributed by atoms with Crippen molar-refractivity contribution in [2.24, 2.45) is 0 Å². The molecule has 3 aromatic carbocycles. The van der Waals surface area contributed by atoms with Gasteiger partial charge in [-0.2, -0.15) is 0 Å². The average Bonchev–Trinajstić information content (AvgIpc) is 3.05. The smallest absolute Gasteiger partial charge is 0.157 e. The SMILES string of the molecule is C#CCCC(=O)CCCc1ccc(O)c(O)c1.C=CC(=O)CCCc1ccc(O)c(O)c1.C=CC(=O)CCCc1ccc(O)c(O)c1. The first-order chi connectivity index (χ1) is 22.4. The number of ketones is 3. The number of carbonyl (C=O) groups is 3. The van der Waals surface area contributed by atoms with Crippen LogP contribution >= 0.6 is 0 Å². The number of hydrogen-bond acceptors (Lipinski definition) is 9. The zero-order valence-electron chi connectivity index (χ0n) is 26.5. The van der Waals surface area contributed by atoms with Crippen molar-refractivity contribution in [3.05, 3.63) is 96.6 Å². The van der Waals surface area contributed by atoms with Gasteiger partial charge in [-0.1, -0.05) is 31.4 Å². The van der Waals surface area contributed by atoms with E-state index < -0.39 is 0 Å². The lowest BCUT2D eigenvalue weighted by atomic mass is 10.0. The molecule has 3 aromatic rings. The summed E-state index contributed by atoms with van der Waals surface area (Å²) in [5, 5.41) is 55.0. The highest BCUT2D eigenvalue weighted by Crippen LogP contribution is 2.27. The molecule has 0 saturated heterocycles. The van der Waals surface area contributed by atoms with Gasteiger partial charge in [0.25, 0.3) is 0 Å². The minimum Gasteiger partial charge on any atom is -0.504 e. The lowest BCUT2D eigenvalue weighted by molar-refractivity contribution is -0.119. The Bertz CT molecular complexity index is 1460. The van der Waals surface area contributed by atoms with Crippen molar-refractivity contribution in [2.75, 3.05) is 0 Å². The fourth-order valence-corrected chi connectivity index (χ4v) is 4.14. The topological polar surface area (TPSA) is 173 Å². The van der Waals surface area contributed by atoms with Crippen LogP contribution < -0.4 is 0 Å². The van der Waals surface area contributed by atoms with Gasteiger partial charge in [-0.25, -0.2) is 0 Å². The molecule has 9 nitrogen and oxygen atoms in total. The number of hydrogen-bond donors (Lipinski definition) is 6. The summed E-state index contributed by atoms with van der Waals surface area (Å²) in [5.74, 6) is 1.92. The van der Waals surface area contributed by atoms with Crippen LogP contribution in [0.3, 0.4) is 0 Å². The van der Waals surface area contributed by atoms with Crippen LogP contribution in [0.5, 0.6) is 34.5 Å².